The molecule has 0 aromatic heterocycles. The van der Waals surface area contributed by atoms with Crippen molar-refractivity contribution in [3.05, 3.63) is 63.9 Å². The van der Waals surface area contributed by atoms with Crippen LogP contribution in [-0.2, 0) is 4.79 Å². The maximum absolute atomic E-state index is 13.2. The molecule has 2 N–H and O–H groups in total. The van der Waals surface area contributed by atoms with Crippen molar-refractivity contribution in [3.63, 3.8) is 0 Å². The first-order valence-corrected chi connectivity index (χ1v) is 7.85. The zero-order valence-electron chi connectivity index (χ0n) is 12.5. The lowest BCUT2D eigenvalue weighted by atomic mass is 10.2. The van der Waals surface area contributed by atoms with E-state index in [4.69, 9.17) is 0 Å². The molecule has 4 nitrogen and oxygen atoms in total. The number of carbonyl (C=O) groups is 2. The van der Waals surface area contributed by atoms with Gasteiger partial charge in [-0.15, -0.1) is 0 Å². The van der Waals surface area contributed by atoms with Gasteiger partial charge in [-0.2, -0.15) is 0 Å². The van der Waals surface area contributed by atoms with Crippen LogP contribution >= 0.6 is 15.9 Å². The van der Waals surface area contributed by atoms with E-state index in [0.717, 1.165) is 10.0 Å². The molecule has 0 saturated carbocycles. The molecule has 0 bridgehead atoms. The van der Waals surface area contributed by atoms with Crippen LogP contribution in [0.2, 0.25) is 0 Å². The predicted molar refractivity (Wildman–Crippen MR) is 90.9 cm³/mol. The van der Waals surface area contributed by atoms with Crippen LogP contribution in [0.4, 0.5) is 10.1 Å². The summed E-state index contributed by atoms with van der Waals surface area (Å²) < 4.78 is 14.0. The minimum absolute atomic E-state index is 0.109. The molecule has 0 spiro atoms. The van der Waals surface area contributed by atoms with E-state index in [9.17, 15) is 14.0 Å². The van der Waals surface area contributed by atoms with E-state index < -0.39 is 5.82 Å². The third-order valence-electron chi connectivity index (χ3n) is 3.22. The normalized spacial score (nSPS) is 10.2. The summed E-state index contributed by atoms with van der Waals surface area (Å²) in [7, 11) is 0. The Kier molecular flexibility index (Phi) is 5.87. The van der Waals surface area contributed by atoms with E-state index >= 15 is 0 Å². The molecule has 6 heteroatoms. The van der Waals surface area contributed by atoms with Crippen molar-refractivity contribution in [2.45, 2.75) is 13.3 Å². The van der Waals surface area contributed by atoms with Gasteiger partial charge < -0.3 is 10.6 Å². The smallest absolute Gasteiger partial charge is 0.251 e. The van der Waals surface area contributed by atoms with E-state index in [0.29, 0.717) is 11.3 Å². The van der Waals surface area contributed by atoms with Gasteiger partial charge in [-0.1, -0.05) is 22.0 Å². The van der Waals surface area contributed by atoms with Crippen molar-refractivity contribution in [1.82, 2.24) is 5.32 Å². The number of benzene rings is 2. The Morgan fingerprint density at radius 2 is 1.83 bits per heavy atom. The lowest BCUT2D eigenvalue weighted by molar-refractivity contribution is -0.116. The van der Waals surface area contributed by atoms with Crippen molar-refractivity contribution in [2.75, 3.05) is 11.9 Å². The molecule has 0 heterocycles. The van der Waals surface area contributed by atoms with Gasteiger partial charge in [-0.25, -0.2) is 4.39 Å². The van der Waals surface area contributed by atoms with Crippen LogP contribution < -0.4 is 10.6 Å². The number of hydrogen-bond donors (Lipinski definition) is 2. The summed E-state index contributed by atoms with van der Waals surface area (Å²) in [6.07, 6.45) is 0.109. The first-order valence-electron chi connectivity index (χ1n) is 7.05. The molecule has 0 aliphatic heterocycles. The standard InChI is InChI=1S/C17H16BrFN2O2/c1-11-2-7-14(19)10-15(11)21-16(22)8-9-20-17(23)12-3-5-13(18)6-4-12/h2-7,10H,8-9H2,1H3,(H,20,23)(H,21,22). The van der Waals surface area contributed by atoms with E-state index in [1.54, 1.807) is 37.3 Å². The van der Waals surface area contributed by atoms with Gasteiger partial charge in [0, 0.05) is 28.7 Å². The zero-order valence-corrected chi connectivity index (χ0v) is 14.1. The van der Waals surface area contributed by atoms with Crippen molar-refractivity contribution in [3.8, 4) is 0 Å². The van der Waals surface area contributed by atoms with Crippen LogP contribution in [0.25, 0.3) is 0 Å². The summed E-state index contributed by atoms with van der Waals surface area (Å²) in [5, 5.41) is 5.31. The molecule has 23 heavy (non-hydrogen) atoms. The summed E-state index contributed by atoms with van der Waals surface area (Å²) in [6.45, 7) is 1.99. The Morgan fingerprint density at radius 3 is 2.52 bits per heavy atom. The number of halogens is 2. The third-order valence-corrected chi connectivity index (χ3v) is 3.75. The molecule has 2 rings (SSSR count). The highest BCUT2D eigenvalue weighted by Gasteiger charge is 2.08. The Hall–Kier alpha value is -2.21. The fraction of sp³-hybridized carbons (Fsp3) is 0.176. The zero-order chi connectivity index (χ0) is 16.8. The van der Waals surface area contributed by atoms with E-state index in [2.05, 4.69) is 26.6 Å². The minimum atomic E-state index is -0.408. The second kappa shape index (κ2) is 7.87. The molecule has 0 aliphatic carbocycles. The Bertz CT molecular complexity index is 717. The summed E-state index contributed by atoms with van der Waals surface area (Å²) >= 11 is 3.30. The number of hydrogen-bond acceptors (Lipinski definition) is 2. The maximum atomic E-state index is 13.2. The topological polar surface area (TPSA) is 58.2 Å². The van der Waals surface area contributed by atoms with Crippen LogP contribution in [0.5, 0.6) is 0 Å². The fourth-order valence-electron chi connectivity index (χ4n) is 1.93. The van der Waals surface area contributed by atoms with Crippen LogP contribution in [0.1, 0.15) is 22.3 Å². The van der Waals surface area contributed by atoms with Crippen molar-refractivity contribution in [1.29, 1.82) is 0 Å². The van der Waals surface area contributed by atoms with Crippen molar-refractivity contribution in [2.24, 2.45) is 0 Å². The van der Waals surface area contributed by atoms with Gasteiger partial charge >= 0.3 is 0 Å². The second-order valence-corrected chi connectivity index (χ2v) is 5.94. The van der Waals surface area contributed by atoms with Crippen LogP contribution in [0, 0.1) is 12.7 Å². The van der Waals surface area contributed by atoms with Gasteiger partial charge in [0.05, 0.1) is 0 Å². The SMILES string of the molecule is Cc1ccc(F)cc1NC(=O)CCNC(=O)c1ccc(Br)cc1. The molecule has 2 aromatic carbocycles. The molecular weight excluding hydrogens is 363 g/mol. The van der Waals surface area contributed by atoms with Crippen LogP contribution in [-0.4, -0.2) is 18.4 Å². The Labute approximate surface area is 142 Å². The highest BCUT2D eigenvalue weighted by atomic mass is 79.9. The lowest BCUT2D eigenvalue weighted by Crippen LogP contribution is -2.27. The molecule has 0 unspecified atom stereocenters. The summed E-state index contributed by atoms with van der Waals surface area (Å²) in [5.41, 5.74) is 1.74. The summed E-state index contributed by atoms with van der Waals surface area (Å²) in [5.74, 6) is -0.934. The van der Waals surface area contributed by atoms with E-state index in [1.807, 2.05) is 0 Å². The van der Waals surface area contributed by atoms with Gasteiger partial charge in [-0.3, -0.25) is 9.59 Å². The molecular formula is C17H16BrFN2O2. The van der Waals surface area contributed by atoms with Gasteiger partial charge in [0.15, 0.2) is 0 Å². The number of amides is 2. The number of carbonyl (C=O) groups excluding carboxylic acids is 2. The van der Waals surface area contributed by atoms with Crippen LogP contribution in [0.15, 0.2) is 46.9 Å². The number of anilines is 1. The number of aryl methyl sites for hydroxylation is 1. The van der Waals surface area contributed by atoms with E-state index in [1.165, 1.54) is 12.1 Å². The Morgan fingerprint density at radius 1 is 1.13 bits per heavy atom. The monoisotopic (exact) mass is 378 g/mol. The van der Waals surface area contributed by atoms with Crippen molar-refractivity contribution >= 4 is 33.4 Å². The molecule has 0 saturated heterocycles. The predicted octanol–water partition coefficient (Wildman–Crippen LogP) is 3.66. The van der Waals surface area contributed by atoms with Gasteiger partial charge in [0.1, 0.15) is 5.82 Å². The molecule has 0 aliphatic rings. The van der Waals surface area contributed by atoms with Gasteiger partial charge in [0.2, 0.25) is 5.91 Å². The van der Waals surface area contributed by atoms with Crippen LogP contribution in [0.3, 0.4) is 0 Å². The molecule has 2 amide bonds. The van der Waals surface area contributed by atoms with Gasteiger partial charge in [0.25, 0.3) is 5.91 Å². The maximum Gasteiger partial charge on any atom is 0.251 e. The number of rotatable bonds is 5. The summed E-state index contributed by atoms with van der Waals surface area (Å²) in [4.78, 5) is 23.7. The summed E-state index contributed by atoms with van der Waals surface area (Å²) in [6, 6.07) is 11.1. The highest BCUT2D eigenvalue weighted by Crippen LogP contribution is 2.16. The third kappa shape index (κ3) is 5.17. The van der Waals surface area contributed by atoms with E-state index in [-0.39, 0.29) is 24.8 Å². The average Bonchev–Trinajstić information content (AvgIpc) is 2.51. The van der Waals surface area contributed by atoms with Crippen molar-refractivity contribution < 1.29 is 14.0 Å². The Balaban J connectivity index is 1.81. The number of nitrogens with one attached hydrogen (secondary N) is 2. The first-order chi connectivity index (χ1) is 11.0. The second-order valence-electron chi connectivity index (χ2n) is 5.02. The fourth-order valence-corrected chi connectivity index (χ4v) is 2.20. The minimum Gasteiger partial charge on any atom is -0.352 e. The molecule has 2 aromatic rings. The average molecular weight is 379 g/mol. The molecule has 0 atom stereocenters. The lowest BCUT2D eigenvalue weighted by Gasteiger charge is -2.09. The van der Waals surface area contributed by atoms with Gasteiger partial charge in [-0.05, 0) is 48.9 Å². The highest BCUT2D eigenvalue weighted by molar-refractivity contribution is 9.10. The quantitative estimate of drug-likeness (QED) is 0.833. The largest absolute Gasteiger partial charge is 0.352 e. The molecule has 120 valence electrons. The molecule has 0 radical (unpaired) electrons. The molecule has 0 fully saturated rings. The first kappa shape index (κ1) is 17.1.